The predicted molar refractivity (Wildman–Crippen MR) is 111 cm³/mol. The predicted octanol–water partition coefficient (Wildman–Crippen LogP) is 3.48. The van der Waals surface area contributed by atoms with Crippen LogP contribution in [0.3, 0.4) is 0 Å². The number of carbonyl (C=O) groups excluding carboxylic acids is 1. The van der Waals surface area contributed by atoms with Crippen molar-refractivity contribution in [3.63, 3.8) is 0 Å². The van der Waals surface area contributed by atoms with Gasteiger partial charge in [0.05, 0.1) is 17.0 Å². The number of carbonyl (C=O) groups is 1. The van der Waals surface area contributed by atoms with Gasteiger partial charge >= 0.3 is 0 Å². The number of hydrogen-bond donors (Lipinski definition) is 4. The molecule has 2 rings (SSSR count). The molecule has 0 fully saturated rings. The van der Waals surface area contributed by atoms with Crippen LogP contribution in [0.1, 0.15) is 6.92 Å². The maximum atomic E-state index is 11.3. The van der Waals surface area contributed by atoms with Crippen LogP contribution in [0.15, 0.2) is 42.5 Å². The summed E-state index contributed by atoms with van der Waals surface area (Å²) in [7, 11) is -3.41. The van der Waals surface area contributed by atoms with Crippen molar-refractivity contribution < 1.29 is 13.2 Å². The lowest BCUT2D eigenvalue weighted by Crippen LogP contribution is -2.19. The Morgan fingerprint density at radius 3 is 1.96 bits per heavy atom. The zero-order chi connectivity index (χ0) is 19.3. The number of halogens is 1. The first kappa shape index (κ1) is 20.0. The number of nitrogens with one attached hydrogen (secondary N) is 4. The average Bonchev–Trinajstić information content (AvgIpc) is 2.50. The molecule has 0 aliphatic heterocycles. The monoisotopic (exact) mass is 412 g/mol. The van der Waals surface area contributed by atoms with Crippen LogP contribution in [0, 0.1) is 0 Å². The van der Waals surface area contributed by atoms with Crippen LogP contribution in [-0.4, -0.2) is 25.7 Å². The van der Waals surface area contributed by atoms with E-state index in [0.29, 0.717) is 16.5 Å². The van der Waals surface area contributed by atoms with E-state index in [-0.39, 0.29) is 16.6 Å². The van der Waals surface area contributed by atoms with E-state index in [1.807, 2.05) is 0 Å². The fourth-order valence-electron chi connectivity index (χ4n) is 2.01. The Bertz CT molecular complexity index is 931. The summed E-state index contributed by atoms with van der Waals surface area (Å²) in [6, 6.07) is 11.8. The van der Waals surface area contributed by atoms with Crippen LogP contribution < -0.4 is 20.7 Å². The minimum absolute atomic E-state index is 0.145. The lowest BCUT2D eigenvalue weighted by atomic mass is 10.2. The Hall–Kier alpha value is -2.36. The molecule has 0 spiro atoms. The van der Waals surface area contributed by atoms with Crippen molar-refractivity contribution in [2.75, 3.05) is 26.9 Å². The molecule has 2 aromatic carbocycles. The molecule has 0 unspecified atom stereocenters. The van der Waals surface area contributed by atoms with Crippen LogP contribution in [0.25, 0.3) is 0 Å². The fourth-order valence-corrected chi connectivity index (χ4v) is 3.11. The molecule has 26 heavy (non-hydrogen) atoms. The van der Waals surface area contributed by atoms with Gasteiger partial charge in [-0.05, 0) is 54.7 Å². The second-order valence-corrected chi connectivity index (χ2v) is 7.97. The third-order valence-corrected chi connectivity index (χ3v) is 4.09. The van der Waals surface area contributed by atoms with E-state index >= 15 is 0 Å². The summed E-state index contributed by atoms with van der Waals surface area (Å²) in [6.07, 6.45) is 1.05. The number of amides is 1. The SMILES string of the molecule is CC(=O)Nc1ccc(NC(=S)Nc2ccc(NS(C)(=O)=O)c(Cl)c2)cc1. The second-order valence-electron chi connectivity index (χ2n) is 5.41. The van der Waals surface area contributed by atoms with Gasteiger partial charge in [0.2, 0.25) is 15.9 Å². The van der Waals surface area contributed by atoms with Crippen molar-refractivity contribution in [1.82, 2.24) is 0 Å². The molecule has 10 heteroatoms. The largest absolute Gasteiger partial charge is 0.332 e. The van der Waals surface area contributed by atoms with E-state index in [4.69, 9.17) is 23.8 Å². The summed E-state index contributed by atoms with van der Waals surface area (Å²) in [5, 5.41) is 9.20. The first-order valence-corrected chi connectivity index (χ1v) is 10.0. The van der Waals surface area contributed by atoms with Gasteiger partial charge in [-0.2, -0.15) is 0 Å². The summed E-state index contributed by atoms with van der Waals surface area (Å²) >= 11 is 11.3. The van der Waals surface area contributed by atoms with Crippen molar-refractivity contribution >= 4 is 67.6 Å². The zero-order valence-electron chi connectivity index (χ0n) is 14.0. The highest BCUT2D eigenvalue weighted by Gasteiger charge is 2.08. The Morgan fingerprint density at radius 1 is 0.962 bits per heavy atom. The van der Waals surface area contributed by atoms with Crippen molar-refractivity contribution in [2.24, 2.45) is 0 Å². The quantitative estimate of drug-likeness (QED) is 0.561. The number of hydrogen-bond acceptors (Lipinski definition) is 4. The van der Waals surface area contributed by atoms with Crippen molar-refractivity contribution in [3.8, 4) is 0 Å². The van der Waals surface area contributed by atoms with E-state index in [2.05, 4.69) is 20.7 Å². The summed E-state index contributed by atoms with van der Waals surface area (Å²) in [4.78, 5) is 11.0. The van der Waals surface area contributed by atoms with Crippen LogP contribution in [0.2, 0.25) is 5.02 Å². The highest BCUT2D eigenvalue weighted by atomic mass is 35.5. The van der Waals surface area contributed by atoms with E-state index < -0.39 is 10.0 Å². The lowest BCUT2D eigenvalue weighted by molar-refractivity contribution is -0.114. The van der Waals surface area contributed by atoms with E-state index in [0.717, 1.165) is 11.9 Å². The summed E-state index contributed by atoms with van der Waals surface area (Å²) < 4.78 is 24.8. The minimum Gasteiger partial charge on any atom is -0.332 e. The van der Waals surface area contributed by atoms with Gasteiger partial charge < -0.3 is 16.0 Å². The maximum Gasteiger partial charge on any atom is 0.229 e. The molecule has 7 nitrogen and oxygen atoms in total. The standard InChI is InChI=1S/C16H17ClN4O3S2/c1-10(22)18-11-3-5-12(6-4-11)19-16(25)20-13-7-8-15(14(17)9-13)21-26(2,23)24/h3-9,21H,1-2H3,(H,18,22)(H2,19,20,25). The number of sulfonamides is 1. The van der Waals surface area contributed by atoms with Crippen molar-refractivity contribution in [2.45, 2.75) is 6.92 Å². The van der Waals surface area contributed by atoms with Gasteiger partial charge in [-0.15, -0.1) is 0 Å². The van der Waals surface area contributed by atoms with Gasteiger partial charge in [-0.3, -0.25) is 9.52 Å². The van der Waals surface area contributed by atoms with Gasteiger partial charge in [-0.1, -0.05) is 11.6 Å². The van der Waals surface area contributed by atoms with Crippen molar-refractivity contribution in [1.29, 1.82) is 0 Å². The zero-order valence-corrected chi connectivity index (χ0v) is 16.3. The molecule has 0 saturated carbocycles. The molecule has 0 bridgehead atoms. The van der Waals surface area contributed by atoms with Crippen LogP contribution >= 0.6 is 23.8 Å². The lowest BCUT2D eigenvalue weighted by Gasteiger charge is -2.13. The van der Waals surface area contributed by atoms with Gasteiger partial charge in [0, 0.05) is 24.0 Å². The molecule has 0 heterocycles. The number of anilines is 4. The number of thiocarbonyl (C=S) groups is 1. The molecule has 1 amide bonds. The fraction of sp³-hybridized carbons (Fsp3) is 0.125. The van der Waals surface area contributed by atoms with E-state index in [1.165, 1.54) is 13.0 Å². The van der Waals surface area contributed by atoms with Crippen LogP contribution in [-0.2, 0) is 14.8 Å². The van der Waals surface area contributed by atoms with Gasteiger partial charge in [0.15, 0.2) is 5.11 Å². The highest BCUT2D eigenvalue weighted by Crippen LogP contribution is 2.26. The molecule has 138 valence electrons. The Kier molecular flexibility index (Phi) is 6.41. The molecule has 0 aliphatic rings. The second kappa shape index (κ2) is 8.35. The third-order valence-electron chi connectivity index (χ3n) is 2.99. The van der Waals surface area contributed by atoms with E-state index in [9.17, 15) is 13.2 Å². The molecule has 4 N–H and O–H groups in total. The molecule has 0 radical (unpaired) electrons. The Labute approximate surface area is 162 Å². The summed E-state index contributed by atoms with van der Waals surface area (Å²) in [5.74, 6) is -0.145. The number of rotatable bonds is 5. The van der Waals surface area contributed by atoms with Crippen LogP contribution in [0.5, 0.6) is 0 Å². The van der Waals surface area contributed by atoms with Gasteiger partial charge in [0.1, 0.15) is 0 Å². The molecular weight excluding hydrogens is 396 g/mol. The van der Waals surface area contributed by atoms with Gasteiger partial charge in [0.25, 0.3) is 0 Å². The average molecular weight is 413 g/mol. The molecule has 0 saturated heterocycles. The topological polar surface area (TPSA) is 99.3 Å². The van der Waals surface area contributed by atoms with Crippen LogP contribution in [0.4, 0.5) is 22.7 Å². The molecule has 0 atom stereocenters. The minimum atomic E-state index is -3.41. The molecule has 0 aliphatic carbocycles. The Morgan fingerprint density at radius 2 is 1.46 bits per heavy atom. The Balaban J connectivity index is 1.99. The third kappa shape index (κ3) is 6.51. The molecule has 0 aromatic heterocycles. The van der Waals surface area contributed by atoms with Gasteiger partial charge in [-0.25, -0.2) is 8.42 Å². The van der Waals surface area contributed by atoms with Crippen molar-refractivity contribution in [3.05, 3.63) is 47.5 Å². The first-order valence-electron chi connectivity index (χ1n) is 7.35. The smallest absolute Gasteiger partial charge is 0.229 e. The van der Waals surface area contributed by atoms with E-state index in [1.54, 1.807) is 36.4 Å². The first-order chi connectivity index (χ1) is 12.1. The molecule has 2 aromatic rings. The normalized spacial score (nSPS) is 10.7. The highest BCUT2D eigenvalue weighted by molar-refractivity contribution is 7.92. The number of benzene rings is 2. The summed E-state index contributed by atoms with van der Waals surface area (Å²) in [6.45, 7) is 1.44. The molecular formula is C16H17ClN4O3S2. The maximum absolute atomic E-state index is 11.3. The summed E-state index contributed by atoms with van der Waals surface area (Å²) in [5.41, 5.74) is 2.30.